The van der Waals surface area contributed by atoms with Crippen molar-refractivity contribution in [1.82, 2.24) is 0 Å². The average Bonchev–Trinajstić information content (AvgIpc) is 2.49. The highest BCUT2D eigenvalue weighted by molar-refractivity contribution is 6.27. The zero-order chi connectivity index (χ0) is 15.6. The molecule has 1 aliphatic rings. The first-order valence-electron chi connectivity index (χ1n) is 6.83. The van der Waals surface area contributed by atoms with Crippen LogP contribution < -0.4 is 0 Å². The Labute approximate surface area is 125 Å². The molecular weight excluding hydrogens is 260 g/mol. The van der Waals surface area contributed by atoms with E-state index in [1.807, 2.05) is 31.2 Å². The van der Waals surface area contributed by atoms with Gasteiger partial charge in [0.15, 0.2) is 11.6 Å². The second kappa shape index (κ2) is 5.88. The molecule has 1 aromatic rings. The maximum Gasteiger partial charge on any atom is 0.190 e. The molecule has 106 valence electrons. The number of carbonyl (C=O) groups is 2. The van der Waals surface area contributed by atoms with E-state index in [0.29, 0.717) is 28.7 Å². The molecule has 0 amide bonds. The van der Waals surface area contributed by atoms with E-state index in [1.165, 1.54) is 12.2 Å². The lowest BCUT2D eigenvalue weighted by molar-refractivity contribution is -0.116. The number of hydrogen-bond acceptors (Lipinski definition) is 2. The van der Waals surface area contributed by atoms with Gasteiger partial charge < -0.3 is 0 Å². The molecule has 0 unspecified atom stereocenters. The SMILES string of the molecule is C=CC1=C(C=C)C(=O)C(Cc2ccc(C)cc2)=C(C)C1=O. The van der Waals surface area contributed by atoms with Gasteiger partial charge in [-0.2, -0.15) is 0 Å². The number of allylic oxidation sites excluding steroid dienone is 6. The molecular formula is C19H18O2. The Bertz CT molecular complexity index is 698. The zero-order valence-electron chi connectivity index (χ0n) is 12.4. The Morgan fingerprint density at radius 2 is 1.43 bits per heavy atom. The molecule has 0 atom stereocenters. The largest absolute Gasteiger partial charge is 0.289 e. The third-order valence-corrected chi connectivity index (χ3v) is 3.76. The predicted molar refractivity (Wildman–Crippen MR) is 85.0 cm³/mol. The predicted octanol–water partition coefficient (Wildman–Crippen LogP) is 3.67. The minimum absolute atomic E-state index is 0.127. The highest BCUT2D eigenvalue weighted by atomic mass is 16.1. The van der Waals surface area contributed by atoms with Crippen molar-refractivity contribution in [1.29, 1.82) is 0 Å². The third kappa shape index (κ3) is 2.70. The van der Waals surface area contributed by atoms with Gasteiger partial charge in [-0.3, -0.25) is 9.59 Å². The van der Waals surface area contributed by atoms with Crippen molar-refractivity contribution in [2.24, 2.45) is 0 Å². The van der Waals surface area contributed by atoms with Gasteiger partial charge in [0.1, 0.15) is 0 Å². The Balaban J connectivity index is 2.44. The molecule has 0 spiro atoms. The molecule has 2 heteroatoms. The van der Waals surface area contributed by atoms with Gasteiger partial charge in [-0.25, -0.2) is 0 Å². The van der Waals surface area contributed by atoms with E-state index in [0.717, 1.165) is 11.1 Å². The van der Waals surface area contributed by atoms with Crippen molar-refractivity contribution in [3.05, 3.63) is 83.0 Å². The van der Waals surface area contributed by atoms with Crippen molar-refractivity contribution in [2.75, 3.05) is 0 Å². The van der Waals surface area contributed by atoms with E-state index >= 15 is 0 Å². The topological polar surface area (TPSA) is 34.1 Å². The molecule has 0 heterocycles. The maximum atomic E-state index is 12.6. The molecule has 0 radical (unpaired) electrons. The molecule has 2 rings (SSSR count). The molecule has 0 aromatic heterocycles. The Morgan fingerprint density at radius 3 is 1.95 bits per heavy atom. The fourth-order valence-corrected chi connectivity index (χ4v) is 2.44. The first-order valence-corrected chi connectivity index (χ1v) is 6.83. The maximum absolute atomic E-state index is 12.6. The van der Waals surface area contributed by atoms with Crippen LogP contribution in [-0.4, -0.2) is 11.6 Å². The van der Waals surface area contributed by atoms with E-state index in [9.17, 15) is 9.59 Å². The van der Waals surface area contributed by atoms with E-state index in [4.69, 9.17) is 0 Å². The van der Waals surface area contributed by atoms with E-state index in [2.05, 4.69) is 13.2 Å². The monoisotopic (exact) mass is 278 g/mol. The number of benzene rings is 1. The van der Waals surface area contributed by atoms with Crippen molar-refractivity contribution in [3.8, 4) is 0 Å². The van der Waals surface area contributed by atoms with Crippen LogP contribution in [0.3, 0.4) is 0 Å². The molecule has 0 saturated heterocycles. The summed E-state index contributed by atoms with van der Waals surface area (Å²) in [5.41, 5.74) is 3.92. The van der Waals surface area contributed by atoms with Gasteiger partial charge in [0, 0.05) is 28.7 Å². The van der Waals surface area contributed by atoms with E-state index < -0.39 is 0 Å². The third-order valence-electron chi connectivity index (χ3n) is 3.76. The van der Waals surface area contributed by atoms with Crippen molar-refractivity contribution >= 4 is 11.6 Å². The van der Waals surface area contributed by atoms with Crippen molar-refractivity contribution in [3.63, 3.8) is 0 Å². The van der Waals surface area contributed by atoms with Gasteiger partial charge in [-0.05, 0) is 19.4 Å². The molecule has 1 aliphatic carbocycles. The quantitative estimate of drug-likeness (QED) is 0.787. The van der Waals surface area contributed by atoms with Gasteiger partial charge in [-0.15, -0.1) is 0 Å². The van der Waals surface area contributed by atoms with Crippen LogP contribution in [0.15, 0.2) is 71.9 Å². The second-order valence-electron chi connectivity index (χ2n) is 5.16. The summed E-state index contributed by atoms with van der Waals surface area (Å²) < 4.78 is 0. The summed E-state index contributed by atoms with van der Waals surface area (Å²) in [4.78, 5) is 24.9. The normalized spacial score (nSPS) is 15.5. The van der Waals surface area contributed by atoms with Crippen LogP contribution in [0.5, 0.6) is 0 Å². The number of rotatable bonds is 4. The summed E-state index contributed by atoms with van der Waals surface area (Å²) in [6.07, 6.45) is 3.33. The highest BCUT2D eigenvalue weighted by Gasteiger charge is 2.29. The standard InChI is InChI=1S/C19H18O2/c1-5-15-16(6-2)19(21)17(13(4)18(15)20)11-14-9-7-12(3)8-10-14/h5-10H,1-2,11H2,3-4H3. The lowest BCUT2D eigenvalue weighted by Crippen LogP contribution is -2.22. The summed E-state index contributed by atoms with van der Waals surface area (Å²) in [7, 11) is 0. The summed E-state index contributed by atoms with van der Waals surface area (Å²) in [5, 5.41) is 0. The number of Topliss-reactive ketones (excluding diaryl/α,β-unsaturated/α-hetero) is 2. The van der Waals surface area contributed by atoms with Gasteiger partial charge in [0.05, 0.1) is 0 Å². The van der Waals surface area contributed by atoms with Gasteiger partial charge >= 0.3 is 0 Å². The molecule has 21 heavy (non-hydrogen) atoms. The zero-order valence-corrected chi connectivity index (χ0v) is 12.4. The van der Waals surface area contributed by atoms with Crippen LogP contribution in [0.4, 0.5) is 0 Å². The molecule has 0 bridgehead atoms. The highest BCUT2D eigenvalue weighted by Crippen LogP contribution is 2.28. The van der Waals surface area contributed by atoms with Gasteiger partial charge in [-0.1, -0.05) is 55.1 Å². The first kappa shape index (κ1) is 14.9. The Morgan fingerprint density at radius 1 is 0.905 bits per heavy atom. The minimum Gasteiger partial charge on any atom is -0.289 e. The van der Waals surface area contributed by atoms with Crippen LogP contribution >= 0.6 is 0 Å². The first-order chi connectivity index (χ1) is 9.99. The molecule has 1 aromatic carbocycles. The molecule has 0 fully saturated rings. The van der Waals surface area contributed by atoms with E-state index in [1.54, 1.807) is 6.92 Å². The van der Waals surface area contributed by atoms with Crippen LogP contribution in [0.2, 0.25) is 0 Å². The average molecular weight is 278 g/mol. The number of aryl methyl sites for hydroxylation is 1. The van der Waals surface area contributed by atoms with E-state index in [-0.39, 0.29) is 11.6 Å². The number of carbonyl (C=O) groups excluding carboxylic acids is 2. The molecule has 0 N–H and O–H groups in total. The minimum atomic E-state index is -0.137. The summed E-state index contributed by atoms with van der Waals surface area (Å²) in [5.74, 6) is -0.265. The Hall–Kier alpha value is -2.48. The fraction of sp³-hybridized carbons (Fsp3) is 0.158. The summed E-state index contributed by atoms with van der Waals surface area (Å²) >= 11 is 0. The molecule has 0 aliphatic heterocycles. The number of ketones is 2. The van der Waals surface area contributed by atoms with Gasteiger partial charge in [0.2, 0.25) is 0 Å². The fourth-order valence-electron chi connectivity index (χ4n) is 2.44. The summed E-state index contributed by atoms with van der Waals surface area (Å²) in [6.45, 7) is 11.0. The van der Waals surface area contributed by atoms with Crippen molar-refractivity contribution < 1.29 is 9.59 Å². The molecule has 2 nitrogen and oxygen atoms in total. The lowest BCUT2D eigenvalue weighted by atomic mass is 9.82. The van der Waals surface area contributed by atoms with Crippen LogP contribution in [0.25, 0.3) is 0 Å². The van der Waals surface area contributed by atoms with Crippen LogP contribution in [0, 0.1) is 6.92 Å². The summed E-state index contributed by atoms with van der Waals surface area (Å²) in [6, 6.07) is 7.96. The molecule has 0 saturated carbocycles. The Kier molecular flexibility index (Phi) is 4.18. The lowest BCUT2D eigenvalue weighted by Gasteiger charge is -2.19. The van der Waals surface area contributed by atoms with Gasteiger partial charge in [0.25, 0.3) is 0 Å². The second-order valence-corrected chi connectivity index (χ2v) is 5.16. The smallest absolute Gasteiger partial charge is 0.190 e. The van der Waals surface area contributed by atoms with Crippen molar-refractivity contribution in [2.45, 2.75) is 20.3 Å². The number of hydrogen-bond donors (Lipinski definition) is 0. The van der Waals surface area contributed by atoms with Crippen LogP contribution in [0.1, 0.15) is 18.1 Å². The van der Waals surface area contributed by atoms with Crippen LogP contribution in [-0.2, 0) is 16.0 Å².